The summed E-state index contributed by atoms with van der Waals surface area (Å²) < 4.78 is 0. The number of amides is 1. The molecule has 3 nitrogen and oxygen atoms in total. The van der Waals surface area contributed by atoms with E-state index < -0.39 is 0 Å². The topological polar surface area (TPSA) is 46.2 Å². The molecule has 1 radical (unpaired) electrons. The molecule has 0 aliphatic carbocycles. The molecule has 1 amide bonds. The van der Waals surface area contributed by atoms with E-state index in [2.05, 4.69) is 12.2 Å². The standard InChI is InChI=1S/C19H28NO2/c1-2-3-4-5-6-7-8-9-10-14-19(22)20-18-13-11-12-17(15-18)16-21/h11-13,15H,2-10,14H2,1H3,(H,20,22). The second-order valence-corrected chi connectivity index (χ2v) is 5.81. The monoisotopic (exact) mass is 302 g/mol. The minimum atomic E-state index is 0.0194. The van der Waals surface area contributed by atoms with Crippen LogP contribution in [0, 0.1) is 0 Å². The lowest BCUT2D eigenvalue weighted by Crippen LogP contribution is -2.11. The fourth-order valence-electron chi connectivity index (χ4n) is 2.48. The van der Waals surface area contributed by atoms with Gasteiger partial charge < -0.3 is 5.32 Å². The molecule has 0 fully saturated rings. The second kappa shape index (κ2) is 12.0. The molecule has 0 unspecified atom stereocenters. The van der Waals surface area contributed by atoms with Crippen LogP contribution < -0.4 is 5.32 Å². The van der Waals surface area contributed by atoms with Crippen LogP contribution in [-0.2, 0) is 9.59 Å². The lowest BCUT2D eigenvalue weighted by Gasteiger charge is -2.05. The summed E-state index contributed by atoms with van der Waals surface area (Å²) in [5, 5.41) is 2.82. The highest BCUT2D eigenvalue weighted by Gasteiger charge is 2.03. The van der Waals surface area contributed by atoms with Gasteiger partial charge in [-0.1, -0.05) is 70.4 Å². The summed E-state index contributed by atoms with van der Waals surface area (Å²) in [5.41, 5.74) is 1.13. The molecule has 1 rings (SSSR count). The first-order chi connectivity index (χ1) is 10.8. The zero-order valence-electron chi connectivity index (χ0n) is 13.7. The zero-order valence-corrected chi connectivity index (χ0v) is 13.7. The number of rotatable bonds is 12. The minimum Gasteiger partial charge on any atom is -0.326 e. The van der Waals surface area contributed by atoms with E-state index in [-0.39, 0.29) is 5.91 Å². The average molecular weight is 302 g/mol. The van der Waals surface area contributed by atoms with E-state index in [1.165, 1.54) is 44.9 Å². The van der Waals surface area contributed by atoms with Gasteiger partial charge in [0.1, 0.15) is 0 Å². The molecular weight excluding hydrogens is 274 g/mol. The summed E-state index contributed by atoms with van der Waals surface area (Å²) in [7, 11) is 0. The molecular formula is C19H28NO2. The Bertz CT molecular complexity index is 443. The molecule has 0 bridgehead atoms. The molecule has 0 atom stereocenters. The van der Waals surface area contributed by atoms with Crippen molar-refractivity contribution in [2.45, 2.75) is 71.1 Å². The zero-order chi connectivity index (χ0) is 16.0. The largest absolute Gasteiger partial charge is 0.326 e. The van der Waals surface area contributed by atoms with Crippen molar-refractivity contribution in [1.29, 1.82) is 0 Å². The van der Waals surface area contributed by atoms with E-state index in [0.29, 0.717) is 17.7 Å². The van der Waals surface area contributed by atoms with Gasteiger partial charge in [0.2, 0.25) is 12.2 Å². The van der Waals surface area contributed by atoms with E-state index in [1.807, 2.05) is 6.29 Å². The third-order valence-electron chi connectivity index (χ3n) is 3.77. The first-order valence-electron chi connectivity index (χ1n) is 8.54. The van der Waals surface area contributed by atoms with Gasteiger partial charge >= 0.3 is 0 Å². The van der Waals surface area contributed by atoms with Gasteiger partial charge in [0.05, 0.1) is 0 Å². The second-order valence-electron chi connectivity index (χ2n) is 5.81. The maximum absolute atomic E-state index is 11.8. The third kappa shape index (κ3) is 8.60. The highest BCUT2D eigenvalue weighted by molar-refractivity contribution is 5.91. The number of carbonyl (C=O) groups excluding carboxylic acids is 2. The van der Waals surface area contributed by atoms with Gasteiger partial charge in [-0.3, -0.25) is 9.59 Å². The molecule has 1 aromatic carbocycles. The van der Waals surface area contributed by atoms with Gasteiger partial charge in [0.25, 0.3) is 0 Å². The Hall–Kier alpha value is -1.64. The first kappa shape index (κ1) is 18.4. The van der Waals surface area contributed by atoms with Crippen LogP contribution in [0.3, 0.4) is 0 Å². The summed E-state index contributed by atoms with van der Waals surface area (Å²) in [6, 6.07) is 6.84. The fraction of sp³-hybridized carbons (Fsp3) is 0.579. The number of nitrogens with one attached hydrogen (secondary N) is 1. The normalized spacial score (nSPS) is 10.4. The molecule has 0 aliphatic rings. The van der Waals surface area contributed by atoms with E-state index >= 15 is 0 Å². The quantitative estimate of drug-likeness (QED) is 0.552. The van der Waals surface area contributed by atoms with Crippen LogP contribution in [0.25, 0.3) is 0 Å². The van der Waals surface area contributed by atoms with Gasteiger partial charge in [-0.15, -0.1) is 0 Å². The summed E-state index contributed by atoms with van der Waals surface area (Å²) >= 11 is 0. The van der Waals surface area contributed by atoms with Crippen molar-refractivity contribution in [3.05, 3.63) is 29.8 Å². The molecule has 0 aromatic heterocycles. The Balaban J connectivity index is 2.05. The van der Waals surface area contributed by atoms with Crippen molar-refractivity contribution in [2.24, 2.45) is 0 Å². The molecule has 0 saturated carbocycles. The number of hydrogen-bond acceptors (Lipinski definition) is 2. The molecule has 121 valence electrons. The highest BCUT2D eigenvalue weighted by atomic mass is 16.1. The molecule has 0 saturated heterocycles. The van der Waals surface area contributed by atoms with Crippen LogP contribution in [0.5, 0.6) is 0 Å². The average Bonchev–Trinajstić information content (AvgIpc) is 2.53. The van der Waals surface area contributed by atoms with Crippen molar-refractivity contribution in [3.63, 3.8) is 0 Å². The number of benzene rings is 1. The molecule has 1 N–H and O–H groups in total. The summed E-state index contributed by atoms with van der Waals surface area (Å²) in [4.78, 5) is 22.4. The Morgan fingerprint density at radius 1 is 1.00 bits per heavy atom. The predicted octanol–water partition coefficient (Wildman–Crippen LogP) is 5.00. The summed E-state index contributed by atoms with van der Waals surface area (Å²) in [6.07, 6.45) is 13.6. The molecule has 0 aliphatic heterocycles. The van der Waals surface area contributed by atoms with E-state index in [4.69, 9.17) is 0 Å². The number of hydrogen-bond donors (Lipinski definition) is 1. The molecule has 0 heterocycles. The Labute approximate surface area is 134 Å². The lowest BCUT2D eigenvalue weighted by atomic mass is 10.1. The fourth-order valence-corrected chi connectivity index (χ4v) is 2.48. The lowest BCUT2D eigenvalue weighted by molar-refractivity contribution is -0.116. The Morgan fingerprint density at radius 3 is 2.27 bits per heavy atom. The molecule has 22 heavy (non-hydrogen) atoms. The first-order valence-corrected chi connectivity index (χ1v) is 8.54. The Kier molecular flexibility index (Phi) is 10.0. The van der Waals surface area contributed by atoms with Crippen LogP contribution in [0.15, 0.2) is 24.3 Å². The SMILES string of the molecule is CCCCCCCCCCCC(=O)Nc1cccc([C]=O)c1. The number of carbonyl (C=O) groups is 1. The van der Waals surface area contributed by atoms with Crippen molar-refractivity contribution in [3.8, 4) is 0 Å². The predicted molar refractivity (Wildman–Crippen MR) is 91.7 cm³/mol. The van der Waals surface area contributed by atoms with Gasteiger partial charge in [0.15, 0.2) is 0 Å². The third-order valence-corrected chi connectivity index (χ3v) is 3.77. The van der Waals surface area contributed by atoms with Gasteiger partial charge in [-0.25, -0.2) is 0 Å². The van der Waals surface area contributed by atoms with Gasteiger partial charge in [-0.05, 0) is 18.6 Å². The van der Waals surface area contributed by atoms with E-state index in [1.54, 1.807) is 24.3 Å². The number of anilines is 1. The minimum absolute atomic E-state index is 0.0194. The number of unbranched alkanes of at least 4 members (excludes halogenated alkanes) is 8. The Morgan fingerprint density at radius 2 is 1.64 bits per heavy atom. The maximum atomic E-state index is 11.8. The smallest absolute Gasteiger partial charge is 0.233 e. The highest BCUT2D eigenvalue weighted by Crippen LogP contribution is 2.12. The summed E-state index contributed by atoms with van der Waals surface area (Å²) in [6.45, 7) is 2.23. The van der Waals surface area contributed by atoms with Crippen LogP contribution in [-0.4, -0.2) is 12.2 Å². The molecule has 1 aromatic rings. The van der Waals surface area contributed by atoms with Crippen molar-refractivity contribution >= 4 is 17.9 Å². The van der Waals surface area contributed by atoms with Crippen LogP contribution in [0.2, 0.25) is 0 Å². The maximum Gasteiger partial charge on any atom is 0.233 e. The van der Waals surface area contributed by atoms with Crippen LogP contribution in [0.1, 0.15) is 76.7 Å². The van der Waals surface area contributed by atoms with E-state index in [9.17, 15) is 9.59 Å². The molecule has 3 heteroatoms. The van der Waals surface area contributed by atoms with Crippen molar-refractivity contribution in [2.75, 3.05) is 5.32 Å². The van der Waals surface area contributed by atoms with Crippen molar-refractivity contribution < 1.29 is 9.59 Å². The van der Waals surface area contributed by atoms with Crippen LogP contribution in [0.4, 0.5) is 5.69 Å². The van der Waals surface area contributed by atoms with Gasteiger partial charge in [-0.2, -0.15) is 0 Å². The van der Waals surface area contributed by atoms with E-state index in [0.717, 1.165) is 12.8 Å². The molecule has 0 spiro atoms. The van der Waals surface area contributed by atoms with Crippen molar-refractivity contribution in [1.82, 2.24) is 0 Å². The van der Waals surface area contributed by atoms with Crippen LogP contribution >= 0.6 is 0 Å². The van der Waals surface area contributed by atoms with Gasteiger partial charge in [0, 0.05) is 17.7 Å². The summed E-state index contributed by atoms with van der Waals surface area (Å²) in [5.74, 6) is 0.0194.